The Balaban J connectivity index is 2.92. The molecule has 1 rings (SSSR count). The van der Waals surface area contributed by atoms with E-state index in [1.54, 1.807) is 4.72 Å². The molecule has 0 saturated carbocycles. The number of carboxylic acids is 1. The molecule has 1 heterocycles. The Hall–Kier alpha value is -1.27. The monoisotopic (exact) mass is 330 g/mol. The van der Waals surface area contributed by atoms with Gasteiger partial charge in [-0.05, 0) is 0 Å². The topological polar surface area (TPSA) is 147 Å². The first-order valence-corrected chi connectivity index (χ1v) is 7.17. The van der Waals surface area contributed by atoms with E-state index in [9.17, 15) is 23.3 Å². The predicted molar refractivity (Wildman–Crippen MR) is 64.8 cm³/mol. The van der Waals surface area contributed by atoms with Crippen molar-refractivity contribution in [2.24, 2.45) is 0 Å². The lowest BCUT2D eigenvalue weighted by molar-refractivity contribution is -0.384. The van der Waals surface area contributed by atoms with E-state index < -0.39 is 43.5 Å². The molecule has 0 aromatic carbocycles. The van der Waals surface area contributed by atoms with Gasteiger partial charge in [0.05, 0.1) is 4.92 Å². The zero-order chi connectivity index (χ0) is 14.8. The van der Waals surface area contributed by atoms with Gasteiger partial charge in [0, 0.05) is 12.6 Å². The zero-order valence-electron chi connectivity index (χ0n) is 8.94. The number of sulfonamides is 1. The van der Waals surface area contributed by atoms with Gasteiger partial charge in [-0.25, -0.2) is 17.9 Å². The van der Waals surface area contributed by atoms with Crippen LogP contribution in [0.15, 0.2) is 10.3 Å². The molecule has 12 heteroatoms. The summed E-state index contributed by atoms with van der Waals surface area (Å²) in [6.07, 6.45) is -1.92. The minimum Gasteiger partial charge on any atom is -0.479 e. The number of aliphatic hydroxyl groups is 1. The summed E-state index contributed by atoms with van der Waals surface area (Å²) in [6, 6.07) is 0.752. The van der Waals surface area contributed by atoms with Gasteiger partial charge < -0.3 is 10.2 Å². The van der Waals surface area contributed by atoms with E-state index in [-0.39, 0.29) is 4.34 Å². The van der Waals surface area contributed by atoms with E-state index in [1.165, 1.54) is 0 Å². The number of rotatable bonds is 6. The van der Waals surface area contributed by atoms with Crippen molar-refractivity contribution in [1.82, 2.24) is 4.72 Å². The molecule has 1 atom stereocenters. The van der Waals surface area contributed by atoms with E-state index in [4.69, 9.17) is 21.8 Å². The Kier molecular flexibility index (Phi) is 4.81. The highest BCUT2D eigenvalue weighted by molar-refractivity contribution is 7.91. The fourth-order valence-electron chi connectivity index (χ4n) is 0.942. The number of carboxylic acid groups (broad SMARTS) is 1. The number of carbonyl (C=O) groups is 1. The number of hydrogen-bond acceptors (Lipinski definition) is 7. The summed E-state index contributed by atoms with van der Waals surface area (Å²) < 4.78 is 24.4. The van der Waals surface area contributed by atoms with Crippen molar-refractivity contribution in [1.29, 1.82) is 0 Å². The molecule has 0 radical (unpaired) electrons. The van der Waals surface area contributed by atoms with Crippen LogP contribution in [-0.2, 0) is 14.8 Å². The molecule has 1 aromatic rings. The third-order valence-electron chi connectivity index (χ3n) is 1.86. The van der Waals surface area contributed by atoms with E-state index in [2.05, 4.69) is 0 Å². The Labute approximate surface area is 115 Å². The number of hydrogen-bond donors (Lipinski definition) is 3. The lowest BCUT2D eigenvalue weighted by atomic mass is 10.4. The molecule has 0 amide bonds. The summed E-state index contributed by atoms with van der Waals surface area (Å²) in [5, 5.41) is 27.8. The van der Waals surface area contributed by atoms with Crippen LogP contribution in [0.1, 0.15) is 0 Å². The third-order valence-corrected chi connectivity index (χ3v) is 5.09. The van der Waals surface area contributed by atoms with Gasteiger partial charge in [0.2, 0.25) is 10.0 Å². The molecule has 106 valence electrons. The van der Waals surface area contributed by atoms with Crippen molar-refractivity contribution in [3.63, 3.8) is 0 Å². The van der Waals surface area contributed by atoms with Crippen LogP contribution in [0.4, 0.5) is 5.69 Å². The molecule has 0 aliphatic rings. The molecule has 0 aliphatic carbocycles. The minimum absolute atomic E-state index is 0.316. The summed E-state index contributed by atoms with van der Waals surface area (Å²) in [6.45, 7) is -0.763. The van der Waals surface area contributed by atoms with Crippen LogP contribution in [-0.4, -0.2) is 42.2 Å². The molecular formula is C7H7ClN2O7S2. The minimum atomic E-state index is -4.17. The maximum Gasteiger partial charge on any atom is 0.333 e. The van der Waals surface area contributed by atoms with Crippen LogP contribution in [0.5, 0.6) is 0 Å². The SMILES string of the molecule is O=C(O)[C@@H](O)CNS(=O)(=O)c1cc([N+](=O)[O-])c(Cl)s1. The highest BCUT2D eigenvalue weighted by Gasteiger charge is 2.26. The van der Waals surface area contributed by atoms with Crippen LogP contribution in [0.25, 0.3) is 0 Å². The summed E-state index contributed by atoms with van der Waals surface area (Å²) in [5.41, 5.74) is -0.564. The van der Waals surface area contributed by atoms with Gasteiger partial charge in [-0.1, -0.05) is 11.6 Å². The zero-order valence-corrected chi connectivity index (χ0v) is 11.3. The molecule has 0 spiro atoms. The molecule has 0 saturated heterocycles. The van der Waals surface area contributed by atoms with Gasteiger partial charge >= 0.3 is 5.97 Å². The summed E-state index contributed by atoms with van der Waals surface area (Å²) in [7, 11) is -4.17. The molecule has 0 unspecified atom stereocenters. The highest BCUT2D eigenvalue weighted by Crippen LogP contribution is 2.35. The van der Waals surface area contributed by atoms with Crippen molar-refractivity contribution in [2.45, 2.75) is 10.3 Å². The maximum atomic E-state index is 11.7. The van der Waals surface area contributed by atoms with Gasteiger partial charge in [-0.2, -0.15) is 0 Å². The Morgan fingerprint density at radius 1 is 1.63 bits per heavy atom. The van der Waals surface area contributed by atoms with Crippen molar-refractivity contribution in [3.05, 3.63) is 20.5 Å². The normalized spacial score (nSPS) is 13.2. The van der Waals surface area contributed by atoms with Gasteiger partial charge in [-0.15, -0.1) is 11.3 Å². The summed E-state index contributed by atoms with van der Waals surface area (Å²) in [4.78, 5) is 20.0. The van der Waals surface area contributed by atoms with Gasteiger partial charge in [0.15, 0.2) is 10.4 Å². The Morgan fingerprint density at radius 2 is 2.21 bits per heavy atom. The summed E-state index contributed by atoms with van der Waals surface area (Å²) >= 11 is 5.95. The number of aliphatic hydroxyl groups excluding tert-OH is 1. The quantitative estimate of drug-likeness (QED) is 0.492. The second-order valence-electron chi connectivity index (χ2n) is 3.19. The first kappa shape index (κ1) is 15.8. The van der Waals surface area contributed by atoms with E-state index >= 15 is 0 Å². The van der Waals surface area contributed by atoms with E-state index in [1.807, 2.05) is 0 Å². The fourth-order valence-corrected chi connectivity index (χ4v) is 3.69. The van der Waals surface area contributed by atoms with E-state index in [0.29, 0.717) is 11.3 Å². The number of aliphatic carboxylic acids is 1. The second-order valence-corrected chi connectivity index (χ2v) is 6.84. The molecule has 3 N–H and O–H groups in total. The van der Waals surface area contributed by atoms with E-state index in [0.717, 1.165) is 6.07 Å². The van der Waals surface area contributed by atoms with Gasteiger partial charge in [0.1, 0.15) is 4.21 Å². The third kappa shape index (κ3) is 3.84. The first-order chi connectivity index (χ1) is 8.65. The lowest BCUT2D eigenvalue weighted by Gasteiger charge is -2.06. The average molecular weight is 331 g/mol. The molecule has 0 aliphatic heterocycles. The van der Waals surface area contributed by atoms with Gasteiger partial charge in [0.25, 0.3) is 5.69 Å². The Bertz CT molecular complexity index is 611. The van der Waals surface area contributed by atoms with Crippen LogP contribution in [0.3, 0.4) is 0 Å². The number of halogens is 1. The Morgan fingerprint density at radius 3 is 2.63 bits per heavy atom. The van der Waals surface area contributed by atoms with Crippen LogP contribution < -0.4 is 4.72 Å². The molecule has 9 nitrogen and oxygen atoms in total. The second kappa shape index (κ2) is 5.79. The predicted octanol–water partition coefficient (Wildman–Crippen LogP) is 0.0335. The number of nitrogens with zero attached hydrogens (tertiary/aromatic N) is 1. The highest BCUT2D eigenvalue weighted by atomic mass is 35.5. The number of thiophene rings is 1. The van der Waals surface area contributed by atoms with Crippen molar-refractivity contribution >= 4 is 44.6 Å². The first-order valence-electron chi connectivity index (χ1n) is 4.49. The van der Waals surface area contributed by atoms with Crippen LogP contribution >= 0.6 is 22.9 Å². The average Bonchev–Trinajstić information content (AvgIpc) is 2.69. The lowest BCUT2D eigenvalue weighted by Crippen LogP contribution is -2.36. The van der Waals surface area contributed by atoms with Crippen molar-refractivity contribution in [3.8, 4) is 0 Å². The van der Waals surface area contributed by atoms with Crippen molar-refractivity contribution in [2.75, 3.05) is 6.54 Å². The smallest absolute Gasteiger partial charge is 0.333 e. The molecule has 0 bridgehead atoms. The number of nitrogens with one attached hydrogen (secondary N) is 1. The van der Waals surface area contributed by atoms with Crippen molar-refractivity contribution < 1.29 is 28.3 Å². The van der Waals surface area contributed by atoms with Gasteiger partial charge in [-0.3, -0.25) is 10.1 Å². The summed E-state index contributed by atoms with van der Waals surface area (Å²) in [5.74, 6) is -1.60. The standard InChI is InChI=1S/C7H7ClN2O7S2/c8-6-3(10(14)15)1-5(18-6)19(16,17)9-2-4(11)7(12)13/h1,4,9,11H,2H2,(H,12,13)/t4-/m0/s1. The largest absolute Gasteiger partial charge is 0.479 e. The van der Waals surface area contributed by atoms with Crippen LogP contribution in [0.2, 0.25) is 4.34 Å². The van der Waals surface area contributed by atoms with Crippen LogP contribution in [0, 0.1) is 10.1 Å². The number of nitro groups is 1. The molecular weight excluding hydrogens is 324 g/mol. The fraction of sp³-hybridized carbons (Fsp3) is 0.286. The maximum absolute atomic E-state index is 11.7. The molecule has 19 heavy (non-hydrogen) atoms. The molecule has 0 fully saturated rings. The molecule has 1 aromatic heterocycles.